The molecule has 80 valence electrons. The summed E-state index contributed by atoms with van der Waals surface area (Å²) in [6.45, 7) is 0. The van der Waals surface area contributed by atoms with Crippen molar-refractivity contribution in [3.63, 3.8) is 0 Å². The molecule has 0 amide bonds. The molecule has 0 aromatic heterocycles. The van der Waals surface area contributed by atoms with Crippen LogP contribution in [0.3, 0.4) is 0 Å². The van der Waals surface area contributed by atoms with Gasteiger partial charge in [-0.2, -0.15) is 0 Å². The lowest BCUT2D eigenvalue weighted by atomic mass is 10.0. The summed E-state index contributed by atoms with van der Waals surface area (Å²) in [6, 6.07) is 1.10. The maximum atomic E-state index is 13.3. The molecule has 1 aromatic carbocycles. The molecule has 0 aliphatic carbocycles. The van der Waals surface area contributed by atoms with Crippen molar-refractivity contribution >= 4 is 17.7 Å². The summed E-state index contributed by atoms with van der Waals surface area (Å²) in [7, 11) is 0. The number of benzene rings is 1. The van der Waals surface area contributed by atoms with Gasteiger partial charge in [0, 0.05) is 4.90 Å². The van der Waals surface area contributed by atoms with Gasteiger partial charge in [0.1, 0.15) is 5.56 Å². The molecule has 0 saturated heterocycles. The number of rotatable bonds is 1. The number of aryl methyl sites for hydroxylation is 1. The monoisotopic (exact) mass is 230 g/mol. The van der Waals surface area contributed by atoms with Gasteiger partial charge < -0.3 is 5.11 Å². The summed E-state index contributed by atoms with van der Waals surface area (Å²) in [6.07, 6.45) is 1.47. The summed E-state index contributed by atoms with van der Waals surface area (Å²) in [5.41, 5.74) is 0.0808. The first-order valence-electron chi connectivity index (χ1n) is 4.48. The van der Waals surface area contributed by atoms with E-state index < -0.39 is 23.2 Å². The van der Waals surface area contributed by atoms with Gasteiger partial charge in [-0.25, -0.2) is 13.6 Å². The molecule has 1 aliphatic rings. The molecule has 15 heavy (non-hydrogen) atoms. The fraction of sp³-hybridized carbons (Fsp3) is 0.300. The van der Waals surface area contributed by atoms with Crippen LogP contribution in [0.15, 0.2) is 11.0 Å². The molecule has 0 unspecified atom stereocenters. The van der Waals surface area contributed by atoms with Crippen LogP contribution in [0.2, 0.25) is 0 Å². The third-order valence-corrected chi connectivity index (χ3v) is 3.55. The molecular formula is C10H8F2O2S. The van der Waals surface area contributed by atoms with Gasteiger partial charge in [0.2, 0.25) is 0 Å². The van der Waals surface area contributed by atoms with Gasteiger partial charge >= 0.3 is 5.97 Å². The third-order valence-electron chi connectivity index (χ3n) is 2.30. The first-order chi connectivity index (χ1) is 7.11. The Morgan fingerprint density at radius 3 is 2.87 bits per heavy atom. The highest BCUT2D eigenvalue weighted by atomic mass is 32.2. The molecule has 0 radical (unpaired) electrons. The van der Waals surface area contributed by atoms with E-state index >= 15 is 0 Å². The van der Waals surface area contributed by atoms with Crippen LogP contribution in [0.5, 0.6) is 0 Å². The number of carbonyl (C=O) groups is 1. The van der Waals surface area contributed by atoms with Crippen molar-refractivity contribution in [1.82, 2.24) is 0 Å². The average molecular weight is 230 g/mol. The summed E-state index contributed by atoms with van der Waals surface area (Å²) >= 11 is 1.28. The van der Waals surface area contributed by atoms with E-state index in [1.54, 1.807) is 0 Å². The van der Waals surface area contributed by atoms with Gasteiger partial charge in [-0.15, -0.1) is 11.8 Å². The summed E-state index contributed by atoms with van der Waals surface area (Å²) in [4.78, 5) is 11.2. The molecule has 1 heterocycles. The van der Waals surface area contributed by atoms with Crippen LogP contribution in [-0.2, 0) is 6.42 Å². The Kier molecular flexibility index (Phi) is 2.65. The fourth-order valence-corrected chi connectivity index (χ4v) is 2.80. The number of carboxylic acids is 1. The van der Waals surface area contributed by atoms with Crippen molar-refractivity contribution < 1.29 is 18.7 Å². The predicted molar refractivity (Wildman–Crippen MR) is 52.4 cm³/mol. The van der Waals surface area contributed by atoms with Gasteiger partial charge in [0.15, 0.2) is 11.6 Å². The van der Waals surface area contributed by atoms with Crippen LogP contribution in [0.4, 0.5) is 8.78 Å². The summed E-state index contributed by atoms with van der Waals surface area (Å²) in [5, 5.41) is 8.83. The fourth-order valence-electron chi connectivity index (χ4n) is 1.64. The second-order valence-electron chi connectivity index (χ2n) is 3.29. The van der Waals surface area contributed by atoms with E-state index in [2.05, 4.69) is 0 Å². The number of fused-ring (bicyclic) bond motifs is 1. The van der Waals surface area contributed by atoms with Crippen LogP contribution in [0.25, 0.3) is 0 Å². The Morgan fingerprint density at radius 2 is 2.20 bits per heavy atom. The number of aromatic carboxylic acids is 1. The number of hydrogen-bond acceptors (Lipinski definition) is 2. The maximum absolute atomic E-state index is 13.3. The molecule has 1 aromatic rings. The van der Waals surface area contributed by atoms with Crippen LogP contribution in [0.1, 0.15) is 22.3 Å². The zero-order valence-corrected chi connectivity index (χ0v) is 8.53. The minimum absolute atomic E-state index is 0.382. The van der Waals surface area contributed by atoms with Crippen molar-refractivity contribution in [1.29, 1.82) is 0 Å². The van der Waals surface area contributed by atoms with E-state index in [1.165, 1.54) is 11.8 Å². The Labute approximate surface area is 89.3 Å². The molecule has 0 saturated carbocycles. The lowest BCUT2D eigenvalue weighted by Gasteiger charge is -2.17. The van der Waals surface area contributed by atoms with E-state index in [1.807, 2.05) is 0 Å². The standard InChI is InChI=1S/C10H8F2O2S/c11-6-4-5-2-1-3-15-9(5)7(8(6)12)10(13)14/h4H,1-3H2,(H,13,14). The zero-order chi connectivity index (χ0) is 11.0. The Morgan fingerprint density at radius 1 is 1.47 bits per heavy atom. The van der Waals surface area contributed by atoms with E-state index in [0.717, 1.165) is 18.2 Å². The smallest absolute Gasteiger partial charge is 0.339 e. The molecule has 2 rings (SSSR count). The van der Waals surface area contributed by atoms with E-state index in [0.29, 0.717) is 16.9 Å². The number of halogens is 2. The second kappa shape index (κ2) is 3.81. The minimum Gasteiger partial charge on any atom is -0.478 e. The molecule has 5 heteroatoms. The molecular weight excluding hydrogens is 222 g/mol. The van der Waals surface area contributed by atoms with Crippen LogP contribution in [0, 0.1) is 11.6 Å². The molecule has 0 fully saturated rings. The first-order valence-corrected chi connectivity index (χ1v) is 5.46. The Bertz CT molecular complexity index is 432. The summed E-state index contributed by atoms with van der Waals surface area (Å²) < 4.78 is 26.4. The van der Waals surface area contributed by atoms with Crippen LogP contribution < -0.4 is 0 Å². The number of thioether (sulfide) groups is 1. The zero-order valence-electron chi connectivity index (χ0n) is 7.72. The SMILES string of the molecule is O=C(O)c1c(F)c(F)cc2c1SCCC2. The quantitative estimate of drug-likeness (QED) is 0.806. The lowest BCUT2D eigenvalue weighted by Crippen LogP contribution is -2.11. The van der Waals surface area contributed by atoms with E-state index in [-0.39, 0.29) is 0 Å². The van der Waals surface area contributed by atoms with Gasteiger partial charge in [-0.3, -0.25) is 0 Å². The van der Waals surface area contributed by atoms with Crippen molar-refractivity contribution in [2.75, 3.05) is 5.75 Å². The van der Waals surface area contributed by atoms with Crippen molar-refractivity contribution in [2.45, 2.75) is 17.7 Å². The number of carboxylic acid groups (broad SMARTS) is 1. The van der Waals surface area contributed by atoms with Gasteiger partial charge in [-0.1, -0.05) is 0 Å². The van der Waals surface area contributed by atoms with Crippen LogP contribution in [-0.4, -0.2) is 16.8 Å². The predicted octanol–water partition coefficient (Wildman–Crippen LogP) is 2.70. The highest BCUT2D eigenvalue weighted by Gasteiger charge is 2.25. The largest absolute Gasteiger partial charge is 0.478 e. The van der Waals surface area contributed by atoms with Gasteiger partial charge in [0.05, 0.1) is 0 Å². The van der Waals surface area contributed by atoms with E-state index in [9.17, 15) is 13.6 Å². The first kappa shape index (κ1) is 10.4. The molecule has 0 atom stereocenters. The molecule has 0 spiro atoms. The van der Waals surface area contributed by atoms with Crippen molar-refractivity contribution in [2.24, 2.45) is 0 Å². The van der Waals surface area contributed by atoms with Crippen LogP contribution >= 0.6 is 11.8 Å². The Balaban J connectivity index is 2.68. The van der Waals surface area contributed by atoms with Gasteiger partial charge in [0.25, 0.3) is 0 Å². The molecule has 2 nitrogen and oxygen atoms in total. The molecule has 0 bridgehead atoms. The van der Waals surface area contributed by atoms with E-state index in [4.69, 9.17) is 5.11 Å². The number of hydrogen-bond donors (Lipinski definition) is 1. The Hall–Kier alpha value is -1.10. The normalized spacial score (nSPS) is 14.8. The topological polar surface area (TPSA) is 37.3 Å². The molecule has 1 N–H and O–H groups in total. The highest BCUT2D eigenvalue weighted by molar-refractivity contribution is 7.99. The summed E-state index contributed by atoms with van der Waals surface area (Å²) in [5.74, 6) is -2.99. The van der Waals surface area contributed by atoms with Crippen molar-refractivity contribution in [3.8, 4) is 0 Å². The van der Waals surface area contributed by atoms with Gasteiger partial charge in [-0.05, 0) is 30.2 Å². The third kappa shape index (κ3) is 1.71. The minimum atomic E-state index is -1.40. The van der Waals surface area contributed by atoms with Crippen molar-refractivity contribution in [3.05, 3.63) is 28.8 Å². The molecule has 1 aliphatic heterocycles. The highest BCUT2D eigenvalue weighted by Crippen LogP contribution is 2.35. The average Bonchev–Trinajstić information content (AvgIpc) is 2.19. The maximum Gasteiger partial charge on any atom is 0.339 e. The lowest BCUT2D eigenvalue weighted by molar-refractivity contribution is 0.0686. The second-order valence-corrected chi connectivity index (χ2v) is 4.40.